The molecule has 2 unspecified atom stereocenters. The Labute approximate surface area is 131 Å². The van der Waals surface area contributed by atoms with Crippen molar-refractivity contribution in [2.45, 2.75) is 38.3 Å². The molecule has 1 aliphatic heterocycles. The first-order valence-corrected chi connectivity index (χ1v) is 9.68. The van der Waals surface area contributed by atoms with Gasteiger partial charge in [-0.3, -0.25) is 4.21 Å². The Hall–Kier alpha value is -0.710. The van der Waals surface area contributed by atoms with Gasteiger partial charge in [0.25, 0.3) is 0 Å². The number of nitrogens with one attached hydrogen (secondary N) is 1. The zero-order valence-electron chi connectivity index (χ0n) is 13.3. The van der Waals surface area contributed by atoms with Gasteiger partial charge in [-0.25, -0.2) is 0 Å². The molecule has 0 aliphatic carbocycles. The van der Waals surface area contributed by atoms with E-state index in [0.29, 0.717) is 12.1 Å². The summed E-state index contributed by atoms with van der Waals surface area (Å²) in [7, 11) is -0.704. The Morgan fingerprint density at radius 2 is 1.95 bits per heavy atom. The van der Waals surface area contributed by atoms with Gasteiger partial charge in [-0.05, 0) is 44.8 Å². The summed E-state index contributed by atoms with van der Waals surface area (Å²) in [6, 6.07) is 11.7. The third kappa shape index (κ3) is 6.29. The van der Waals surface area contributed by atoms with Crippen LogP contribution in [0.4, 0.5) is 0 Å². The van der Waals surface area contributed by atoms with Gasteiger partial charge in [0.1, 0.15) is 0 Å². The molecule has 1 heterocycles. The molecular weight excluding hydrogens is 280 g/mol. The number of rotatable bonds is 7. The second-order valence-electron chi connectivity index (χ2n) is 6.16. The van der Waals surface area contributed by atoms with Crippen molar-refractivity contribution in [2.24, 2.45) is 0 Å². The molecule has 0 saturated carbocycles. The monoisotopic (exact) mass is 308 g/mol. The van der Waals surface area contributed by atoms with Crippen molar-refractivity contribution in [3.63, 3.8) is 0 Å². The number of benzene rings is 1. The van der Waals surface area contributed by atoms with Crippen molar-refractivity contribution >= 4 is 10.8 Å². The molecule has 3 nitrogen and oxygen atoms in total. The van der Waals surface area contributed by atoms with Gasteiger partial charge in [0.2, 0.25) is 0 Å². The zero-order chi connectivity index (χ0) is 15.1. The van der Waals surface area contributed by atoms with Crippen LogP contribution in [0.1, 0.15) is 25.3 Å². The number of hydrogen-bond acceptors (Lipinski definition) is 3. The summed E-state index contributed by atoms with van der Waals surface area (Å²) in [6.45, 7) is 5.65. The highest BCUT2D eigenvalue weighted by atomic mass is 32.2. The molecule has 0 spiro atoms. The van der Waals surface area contributed by atoms with E-state index in [1.807, 2.05) is 0 Å². The Kier molecular flexibility index (Phi) is 6.87. The van der Waals surface area contributed by atoms with E-state index >= 15 is 0 Å². The van der Waals surface area contributed by atoms with Gasteiger partial charge in [-0.1, -0.05) is 30.3 Å². The molecule has 4 heteroatoms. The minimum Gasteiger partial charge on any atom is -0.310 e. The van der Waals surface area contributed by atoms with E-state index in [1.54, 1.807) is 6.26 Å². The molecule has 2 rings (SSSR count). The smallest absolute Gasteiger partial charge is 0.0383 e. The zero-order valence-corrected chi connectivity index (χ0v) is 14.1. The highest BCUT2D eigenvalue weighted by Crippen LogP contribution is 2.12. The molecule has 1 fully saturated rings. The Bertz CT molecular complexity index is 430. The summed E-state index contributed by atoms with van der Waals surface area (Å²) >= 11 is 0. The Morgan fingerprint density at radius 1 is 1.29 bits per heavy atom. The lowest BCUT2D eigenvalue weighted by molar-refractivity contribution is 0.195. The van der Waals surface area contributed by atoms with Crippen molar-refractivity contribution in [1.29, 1.82) is 0 Å². The molecule has 1 aromatic rings. The third-order valence-electron chi connectivity index (χ3n) is 4.15. The maximum absolute atomic E-state index is 11.2. The Morgan fingerprint density at radius 3 is 2.57 bits per heavy atom. The molecule has 0 radical (unpaired) electrons. The average molecular weight is 308 g/mol. The fraction of sp³-hybridized carbons (Fsp3) is 0.647. The first kappa shape index (κ1) is 16.7. The summed E-state index contributed by atoms with van der Waals surface area (Å²) in [6.07, 6.45) is 5.33. The first-order chi connectivity index (χ1) is 10.1. The van der Waals surface area contributed by atoms with Crippen molar-refractivity contribution < 1.29 is 4.21 Å². The van der Waals surface area contributed by atoms with Crippen LogP contribution >= 0.6 is 0 Å². The topological polar surface area (TPSA) is 32.3 Å². The van der Waals surface area contributed by atoms with Gasteiger partial charge in [0.05, 0.1) is 0 Å². The number of likely N-dealkylation sites (tertiary alicyclic amines) is 1. The SMILES string of the molecule is CC(CS(C)=O)NC1CCN(CCc2ccccc2)CC1. The van der Waals surface area contributed by atoms with Gasteiger partial charge >= 0.3 is 0 Å². The van der Waals surface area contributed by atoms with E-state index in [-0.39, 0.29) is 0 Å². The van der Waals surface area contributed by atoms with Crippen molar-refractivity contribution in [3.05, 3.63) is 35.9 Å². The maximum atomic E-state index is 11.2. The summed E-state index contributed by atoms with van der Waals surface area (Å²) in [5, 5.41) is 3.62. The van der Waals surface area contributed by atoms with Gasteiger partial charge in [-0.15, -0.1) is 0 Å². The highest BCUT2D eigenvalue weighted by molar-refractivity contribution is 7.84. The normalized spacial score (nSPS) is 20.3. The van der Waals surface area contributed by atoms with Crippen LogP contribution in [0, 0.1) is 0 Å². The van der Waals surface area contributed by atoms with Crippen LogP contribution in [0.5, 0.6) is 0 Å². The summed E-state index contributed by atoms with van der Waals surface area (Å²) in [5.41, 5.74) is 1.43. The van der Waals surface area contributed by atoms with Gasteiger partial charge in [-0.2, -0.15) is 0 Å². The minimum absolute atomic E-state index is 0.358. The van der Waals surface area contributed by atoms with E-state index in [9.17, 15) is 4.21 Å². The predicted molar refractivity (Wildman–Crippen MR) is 91.1 cm³/mol. The fourth-order valence-electron chi connectivity index (χ4n) is 3.06. The van der Waals surface area contributed by atoms with E-state index in [4.69, 9.17) is 0 Å². The van der Waals surface area contributed by atoms with Gasteiger partial charge < -0.3 is 10.2 Å². The standard InChI is InChI=1S/C17H28N2OS/c1-15(14-21(2)20)18-17-9-12-19(13-10-17)11-8-16-6-4-3-5-7-16/h3-7,15,17-18H,8-14H2,1-2H3. The Balaban J connectivity index is 1.65. The lowest BCUT2D eigenvalue weighted by atomic mass is 10.0. The molecule has 1 N–H and O–H groups in total. The molecule has 21 heavy (non-hydrogen) atoms. The molecule has 1 aliphatic rings. The lowest BCUT2D eigenvalue weighted by Crippen LogP contribution is -2.47. The van der Waals surface area contributed by atoms with Crippen LogP contribution in [0.3, 0.4) is 0 Å². The molecule has 2 atom stereocenters. The van der Waals surface area contributed by atoms with Crippen molar-refractivity contribution in [3.8, 4) is 0 Å². The molecule has 1 aromatic carbocycles. The largest absolute Gasteiger partial charge is 0.310 e. The van der Waals surface area contributed by atoms with Crippen LogP contribution in [-0.2, 0) is 17.2 Å². The van der Waals surface area contributed by atoms with Crippen LogP contribution in [-0.4, -0.2) is 52.8 Å². The second kappa shape index (κ2) is 8.66. The minimum atomic E-state index is -0.704. The molecular formula is C17H28N2OS. The quantitative estimate of drug-likeness (QED) is 0.837. The number of nitrogens with zero attached hydrogens (tertiary/aromatic N) is 1. The van der Waals surface area contributed by atoms with E-state index in [2.05, 4.69) is 47.5 Å². The number of piperidine rings is 1. The van der Waals surface area contributed by atoms with E-state index < -0.39 is 10.8 Å². The summed E-state index contributed by atoms with van der Waals surface area (Å²) in [5.74, 6) is 0.758. The van der Waals surface area contributed by atoms with Crippen LogP contribution in [0.15, 0.2) is 30.3 Å². The molecule has 1 saturated heterocycles. The van der Waals surface area contributed by atoms with E-state index in [1.165, 1.54) is 31.5 Å². The van der Waals surface area contributed by atoms with Gasteiger partial charge in [0.15, 0.2) is 0 Å². The summed E-state index contributed by atoms with van der Waals surface area (Å²) in [4.78, 5) is 2.56. The second-order valence-corrected chi connectivity index (χ2v) is 7.64. The van der Waals surface area contributed by atoms with Crippen LogP contribution in [0.2, 0.25) is 0 Å². The fourth-order valence-corrected chi connectivity index (χ4v) is 3.86. The van der Waals surface area contributed by atoms with Crippen LogP contribution < -0.4 is 5.32 Å². The van der Waals surface area contributed by atoms with Crippen LogP contribution in [0.25, 0.3) is 0 Å². The maximum Gasteiger partial charge on any atom is 0.0383 e. The molecule has 0 amide bonds. The summed E-state index contributed by atoms with van der Waals surface area (Å²) < 4.78 is 11.2. The average Bonchev–Trinajstić information content (AvgIpc) is 2.47. The highest BCUT2D eigenvalue weighted by Gasteiger charge is 2.20. The molecule has 0 aromatic heterocycles. The molecule has 0 bridgehead atoms. The first-order valence-electron chi connectivity index (χ1n) is 7.96. The third-order valence-corrected chi connectivity index (χ3v) is 5.12. The van der Waals surface area contributed by atoms with Gasteiger partial charge in [0, 0.05) is 41.4 Å². The predicted octanol–water partition coefficient (Wildman–Crippen LogP) is 2.05. The van der Waals surface area contributed by atoms with Crippen molar-refractivity contribution in [1.82, 2.24) is 10.2 Å². The number of hydrogen-bond donors (Lipinski definition) is 1. The van der Waals surface area contributed by atoms with E-state index in [0.717, 1.165) is 18.7 Å². The molecule has 118 valence electrons. The lowest BCUT2D eigenvalue weighted by Gasteiger charge is -2.33. The van der Waals surface area contributed by atoms with Crippen molar-refractivity contribution in [2.75, 3.05) is 31.6 Å².